The van der Waals surface area contributed by atoms with Crippen molar-refractivity contribution in [1.29, 1.82) is 0 Å². The number of hydrogen-bond donors (Lipinski definition) is 1. The molecule has 1 aromatic carbocycles. The Morgan fingerprint density at radius 1 is 1.31 bits per heavy atom. The lowest BCUT2D eigenvalue weighted by Crippen LogP contribution is -2.12. The van der Waals surface area contributed by atoms with Crippen molar-refractivity contribution in [3.8, 4) is 0 Å². The third-order valence-corrected chi connectivity index (χ3v) is 3.78. The minimum Gasteiger partial charge on any atom is -0.313 e. The van der Waals surface area contributed by atoms with Crippen LogP contribution in [-0.2, 0) is 6.54 Å². The van der Waals surface area contributed by atoms with Crippen LogP contribution in [0.25, 0.3) is 0 Å². The zero-order valence-corrected chi connectivity index (χ0v) is 11.6. The molecule has 1 N–H and O–H groups in total. The molecule has 1 nitrogen and oxygen atoms in total. The summed E-state index contributed by atoms with van der Waals surface area (Å²) in [5.74, 6) is 1.19. The van der Waals surface area contributed by atoms with Crippen LogP contribution in [0.2, 0.25) is 5.02 Å². The summed E-state index contributed by atoms with van der Waals surface area (Å²) in [6.07, 6.45) is 2.52. The van der Waals surface area contributed by atoms with Gasteiger partial charge in [-0.1, -0.05) is 31.9 Å². The van der Waals surface area contributed by atoms with E-state index in [-0.39, 0.29) is 0 Å². The van der Waals surface area contributed by atoms with E-state index >= 15 is 0 Å². The van der Waals surface area contributed by atoms with Crippen molar-refractivity contribution >= 4 is 23.4 Å². The molecule has 0 aliphatic rings. The molecule has 0 aliphatic heterocycles. The molecule has 0 aliphatic carbocycles. The van der Waals surface area contributed by atoms with Gasteiger partial charge in [-0.05, 0) is 42.5 Å². The monoisotopic (exact) mass is 257 g/mol. The summed E-state index contributed by atoms with van der Waals surface area (Å²) in [7, 11) is 0. The van der Waals surface area contributed by atoms with Gasteiger partial charge in [0.25, 0.3) is 0 Å². The summed E-state index contributed by atoms with van der Waals surface area (Å²) in [6, 6.07) is 6.18. The minimum absolute atomic E-state index is 0.827. The highest BCUT2D eigenvalue weighted by molar-refractivity contribution is 7.99. The molecule has 1 aromatic rings. The van der Waals surface area contributed by atoms with Gasteiger partial charge in [-0.15, -0.1) is 11.8 Å². The van der Waals surface area contributed by atoms with E-state index in [1.54, 1.807) is 0 Å². The van der Waals surface area contributed by atoms with Crippen LogP contribution in [0.1, 0.15) is 32.3 Å². The van der Waals surface area contributed by atoms with Crippen LogP contribution in [-0.4, -0.2) is 12.3 Å². The summed E-state index contributed by atoms with van der Waals surface area (Å²) in [5.41, 5.74) is 1.32. The first-order valence-electron chi connectivity index (χ1n) is 5.89. The Labute approximate surface area is 108 Å². The van der Waals surface area contributed by atoms with E-state index in [9.17, 15) is 0 Å². The van der Waals surface area contributed by atoms with E-state index in [2.05, 4.69) is 31.3 Å². The third kappa shape index (κ3) is 4.77. The smallest absolute Gasteiger partial charge is 0.0410 e. The second-order valence-electron chi connectivity index (χ2n) is 3.73. The molecule has 0 bridgehead atoms. The number of benzene rings is 1. The maximum Gasteiger partial charge on any atom is 0.0410 e. The molecule has 0 amide bonds. The first-order valence-corrected chi connectivity index (χ1v) is 7.26. The highest BCUT2D eigenvalue weighted by Crippen LogP contribution is 2.26. The first kappa shape index (κ1) is 13.9. The second-order valence-corrected chi connectivity index (χ2v) is 5.31. The number of nitrogens with one attached hydrogen (secondary N) is 1. The summed E-state index contributed by atoms with van der Waals surface area (Å²) in [5, 5.41) is 4.18. The van der Waals surface area contributed by atoms with Gasteiger partial charge < -0.3 is 5.32 Å². The van der Waals surface area contributed by atoms with Gasteiger partial charge >= 0.3 is 0 Å². The quantitative estimate of drug-likeness (QED) is 0.576. The zero-order valence-electron chi connectivity index (χ0n) is 10.1. The van der Waals surface area contributed by atoms with Crippen molar-refractivity contribution in [2.24, 2.45) is 0 Å². The van der Waals surface area contributed by atoms with Crippen LogP contribution in [0, 0.1) is 0 Å². The summed E-state index contributed by atoms with van der Waals surface area (Å²) in [4.78, 5) is 1.36. The molecule has 0 heterocycles. The highest BCUT2D eigenvalue weighted by Gasteiger charge is 2.03. The Morgan fingerprint density at radius 3 is 2.81 bits per heavy atom. The van der Waals surface area contributed by atoms with Gasteiger partial charge in [0.05, 0.1) is 0 Å². The molecule has 90 valence electrons. The van der Waals surface area contributed by atoms with Gasteiger partial charge in [-0.3, -0.25) is 0 Å². The fourth-order valence-electron chi connectivity index (χ4n) is 1.41. The Morgan fingerprint density at radius 2 is 2.12 bits per heavy atom. The van der Waals surface area contributed by atoms with Gasteiger partial charge in [0.2, 0.25) is 0 Å². The van der Waals surface area contributed by atoms with E-state index in [1.807, 2.05) is 17.8 Å². The SMILES string of the molecule is CCCCSc1ccc(Cl)cc1CNCC. The fraction of sp³-hybridized carbons (Fsp3) is 0.538. The molecule has 0 atom stereocenters. The van der Waals surface area contributed by atoms with Crippen molar-refractivity contribution in [2.75, 3.05) is 12.3 Å². The molecule has 3 heteroatoms. The van der Waals surface area contributed by atoms with Crippen molar-refractivity contribution in [3.63, 3.8) is 0 Å². The number of halogens is 1. The molecule has 0 spiro atoms. The van der Waals surface area contributed by atoms with E-state index in [0.717, 1.165) is 18.1 Å². The second kappa shape index (κ2) is 7.99. The molecule has 1 rings (SSSR count). The number of unbranched alkanes of at least 4 members (excludes halogenated alkanes) is 1. The molecule has 0 saturated heterocycles. The first-order chi connectivity index (χ1) is 7.77. The molecule has 0 fully saturated rings. The van der Waals surface area contributed by atoms with Crippen LogP contribution in [0.5, 0.6) is 0 Å². The zero-order chi connectivity index (χ0) is 11.8. The van der Waals surface area contributed by atoms with Crippen LogP contribution < -0.4 is 5.32 Å². The topological polar surface area (TPSA) is 12.0 Å². The Balaban J connectivity index is 2.64. The summed E-state index contributed by atoms with van der Waals surface area (Å²) >= 11 is 7.95. The molecule has 0 saturated carbocycles. The van der Waals surface area contributed by atoms with Crippen molar-refractivity contribution in [1.82, 2.24) is 5.32 Å². The highest BCUT2D eigenvalue weighted by atomic mass is 35.5. The normalized spacial score (nSPS) is 10.7. The van der Waals surface area contributed by atoms with Crippen molar-refractivity contribution in [3.05, 3.63) is 28.8 Å². The van der Waals surface area contributed by atoms with Gasteiger partial charge in [-0.25, -0.2) is 0 Å². The average Bonchev–Trinajstić information content (AvgIpc) is 2.29. The predicted octanol–water partition coefficient (Wildman–Crippen LogP) is 4.34. The van der Waals surface area contributed by atoms with Crippen molar-refractivity contribution in [2.45, 2.75) is 38.1 Å². The molecular formula is C13H20ClNS. The van der Waals surface area contributed by atoms with E-state index in [4.69, 9.17) is 11.6 Å². The van der Waals surface area contributed by atoms with Gasteiger partial charge in [-0.2, -0.15) is 0 Å². The van der Waals surface area contributed by atoms with Gasteiger partial charge in [0, 0.05) is 16.5 Å². The Bertz CT molecular complexity index is 315. The fourth-order valence-corrected chi connectivity index (χ4v) is 2.74. The maximum absolute atomic E-state index is 6.02. The molecule has 0 radical (unpaired) electrons. The molecule has 0 unspecified atom stereocenters. The lowest BCUT2D eigenvalue weighted by atomic mass is 10.2. The Kier molecular flexibility index (Phi) is 6.93. The largest absolute Gasteiger partial charge is 0.313 e. The van der Waals surface area contributed by atoms with Crippen LogP contribution in [0.15, 0.2) is 23.1 Å². The van der Waals surface area contributed by atoms with Gasteiger partial charge in [0.15, 0.2) is 0 Å². The van der Waals surface area contributed by atoms with Gasteiger partial charge in [0.1, 0.15) is 0 Å². The molecule has 0 aromatic heterocycles. The predicted molar refractivity (Wildman–Crippen MR) is 74.5 cm³/mol. The van der Waals surface area contributed by atoms with E-state index in [1.165, 1.54) is 29.1 Å². The maximum atomic E-state index is 6.02. The van der Waals surface area contributed by atoms with E-state index in [0.29, 0.717) is 0 Å². The third-order valence-electron chi connectivity index (χ3n) is 2.34. The number of thioether (sulfide) groups is 1. The standard InChI is InChI=1S/C13H20ClNS/c1-3-5-8-16-13-7-6-12(14)9-11(13)10-15-4-2/h6-7,9,15H,3-5,8,10H2,1-2H3. The lowest BCUT2D eigenvalue weighted by Gasteiger charge is -2.10. The number of rotatable bonds is 7. The molecule has 16 heavy (non-hydrogen) atoms. The van der Waals surface area contributed by atoms with E-state index < -0.39 is 0 Å². The average molecular weight is 258 g/mol. The minimum atomic E-state index is 0.827. The lowest BCUT2D eigenvalue weighted by molar-refractivity contribution is 0.718. The van der Waals surface area contributed by atoms with Crippen LogP contribution in [0.4, 0.5) is 0 Å². The van der Waals surface area contributed by atoms with Crippen LogP contribution >= 0.6 is 23.4 Å². The summed E-state index contributed by atoms with van der Waals surface area (Å²) < 4.78 is 0. The van der Waals surface area contributed by atoms with Crippen LogP contribution in [0.3, 0.4) is 0 Å². The van der Waals surface area contributed by atoms with Crippen molar-refractivity contribution < 1.29 is 0 Å². The number of hydrogen-bond acceptors (Lipinski definition) is 2. The molecular weight excluding hydrogens is 238 g/mol. The summed E-state index contributed by atoms with van der Waals surface area (Å²) in [6.45, 7) is 6.24. The Hall–Kier alpha value is -0.180.